The Bertz CT molecular complexity index is 361. The minimum atomic E-state index is -0.381. The molecule has 0 heterocycles. The first kappa shape index (κ1) is 11.5. The maximum absolute atomic E-state index is 13.4. The smallest absolute Gasteiger partial charge is 0.128 e. The quantitative estimate of drug-likeness (QED) is 0.828. The minimum absolute atomic E-state index is 0.128. The molecule has 0 aliphatic heterocycles. The molecule has 2 rings (SSSR count). The predicted octanol–water partition coefficient (Wildman–Crippen LogP) is 3.42. The van der Waals surface area contributed by atoms with Crippen molar-refractivity contribution in [2.45, 2.75) is 32.2 Å². The number of benzene rings is 1. The van der Waals surface area contributed by atoms with Crippen LogP contribution in [0.5, 0.6) is 0 Å². The fourth-order valence-corrected chi connectivity index (χ4v) is 2.00. The number of hydrogen-bond acceptors (Lipinski definition) is 1. The van der Waals surface area contributed by atoms with Crippen LogP contribution in [0, 0.1) is 17.6 Å². The lowest BCUT2D eigenvalue weighted by atomic mass is 9.85. The molecule has 0 radical (unpaired) electrons. The van der Waals surface area contributed by atoms with Crippen molar-refractivity contribution in [3.8, 4) is 0 Å². The maximum Gasteiger partial charge on any atom is 0.128 e. The highest BCUT2D eigenvalue weighted by atomic mass is 19.1. The summed E-state index contributed by atoms with van der Waals surface area (Å²) >= 11 is 0. The van der Waals surface area contributed by atoms with Gasteiger partial charge in [0, 0.05) is 11.6 Å². The highest BCUT2D eigenvalue weighted by Gasteiger charge is 2.19. The molecule has 16 heavy (non-hydrogen) atoms. The zero-order valence-corrected chi connectivity index (χ0v) is 9.47. The second-order valence-electron chi connectivity index (χ2n) is 4.59. The van der Waals surface area contributed by atoms with Gasteiger partial charge in [-0.05, 0) is 50.4 Å². The summed E-state index contributed by atoms with van der Waals surface area (Å²) in [4.78, 5) is 0. The van der Waals surface area contributed by atoms with Crippen molar-refractivity contribution < 1.29 is 8.78 Å². The molecule has 1 nitrogen and oxygen atoms in total. The van der Waals surface area contributed by atoms with Gasteiger partial charge in [-0.1, -0.05) is 6.42 Å². The van der Waals surface area contributed by atoms with Gasteiger partial charge in [-0.25, -0.2) is 8.78 Å². The van der Waals surface area contributed by atoms with E-state index in [0.717, 1.165) is 18.5 Å². The molecule has 1 aliphatic carbocycles. The van der Waals surface area contributed by atoms with E-state index in [0.29, 0.717) is 5.56 Å². The van der Waals surface area contributed by atoms with Crippen LogP contribution in [0.3, 0.4) is 0 Å². The third kappa shape index (κ3) is 2.59. The van der Waals surface area contributed by atoms with Crippen LogP contribution in [0.1, 0.15) is 37.8 Å². The van der Waals surface area contributed by atoms with Gasteiger partial charge in [0.25, 0.3) is 0 Å². The summed E-state index contributed by atoms with van der Waals surface area (Å²) in [5.41, 5.74) is 0.416. The van der Waals surface area contributed by atoms with E-state index in [1.54, 1.807) is 0 Å². The Balaban J connectivity index is 1.95. The SMILES string of the molecule is CC(NCC1CCC1)c1cc(F)ccc1F. The van der Waals surface area contributed by atoms with Gasteiger partial charge >= 0.3 is 0 Å². The summed E-state index contributed by atoms with van der Waals surface area (Å²) < 4.78 is 26.4. The Morgan fingerprint density at radius 3 is 2.75 bits per heavy atom. The molecule has 0 amide bonds. The van der Waals surface area contributed by atoms with Gasteiger partial charge in [0.15, 0.2) is 0 Å². The molecule has 0 bridgehead atoms. The van der Waals surface area contributed by atoms with Crippen LogP contribution in [0.4, 0.5) is 8.78 Å². The van der Waals surface area contributed by atoms with Crippen LogP contribution in [-0.4, -0.2) is 6.54 Å². The fraction of sp³-hybridized carbons (Fsp3) is 0.538. The highest BCUT2D eigenvalue weighted by molar-refractivity contribution is 5.21. The van der Waals surface area contributed by atoms with E-state index < -0.39 is 0 Å². The lowest BCUT2D eigenvalue weighted by Gasteiger charge is -2.27. The van der Waals surface area contributed by atoms with Crippen LogP contribution >= 0.6 is 0 Å². The molecule has 1 unspecified atom stereocenters. The van der Waals surface area contributed by atoms with Crippen molar-refractivity contribution in [1.82, 2.24) is 5.32 Å². The first-order chi connectivity index (χ1) is 7.66. The van der Waals surface area contributed by atoms with Gasteiger partial charge < -0.3 is 5.32 Å². The van der Waals surface area contributed by atoms with E-state index in [4.69, 9.17) is 0 Å². The number of hydrogen-bond donors (Lipinski definition) is 1. The van der Waals surface area contributed by atoms with Crippen molar-refractivity contribution in [2.24, 2.45) is 5.92 Å². The van der Waals surface area contributed by atoms with Gasteiger partial charge in [0.05, 0.1) is 0 Å². The van der Waals surface area contributed by atoms with Crippen molar-refractivity contribution in [3.63, 3.8) is 0 Å². The molecular formula is C13H17F2N. The summed E-state index contributed by atoms with van der Waals surface area (Å²) in [5, 5.41) is 3.26. The number of nitrogens with one attached hydrogen (secondary N) is 1. The molecule has 3 heteroatoms. The van der Waals surface area contributed by atoms with Gasteiger partial charge in [0.1, 0.15) is 11.6 Å². The van der Waals surface area contributed by atoms with Crippen molar-refractivity contribution >= 4 is 0 Å². The molecular weight excluding hydrogens is 208 g/mol. The zero-order valence-electron chi connectivity index (χ0n) is 9.47. The summed E-state index contributed by atoms with van der Waals surface area (Å²) in [6.07, 6.45) is 3.81. The Kier molecular flexibility index (Phi) is 3.54. The largest absolute Gasteiger partial charge is 0.310 e. The van der Waals surface area contributed by atoms with Crippen LogP contribution in [-0.2, 0) is 0 Å². The van der Waals surface area contributed by atoms with Crippen LogP contribution in [0.25, 0.3) is 0 Å². The van der Waals surface area contributed by atoms with E-state index in [-0.39, 0.29) is 17.7 Å². The zero-order chi connectivity index (χ0) is 11.5. The Morgan fingerprint density at radius 2 is 2.12 bits per heavy atom. The lowest BCUT2D eigenvalue weighted by Crippen LogP contribution is -2.29. The standard InChI is InChI=1S/C13H17F2N/c1-9(16-8-10-3-2-4-10)12-7-11(14)5-6-13(12)15/h5-7,9-10,16H,2-4,8H2,1H3. The molecule has 1 N–H and O–H groups in total. The van der Waals surface area contributed by atoms with Gasteiger partial charge in [-0.3, -0.25) is 0 Å². The van der Waals surface area contributed by atoms with Crippen molar-refractivity contribution in [2.75, 3.05) is 6.54 Å². The number of halogens is 2. The Morgan fingerprint density at radius 1 is 1.38 bits per heavy atom. The lowest BCUT2D eigenvalue weighted by molar-refractivity contribution is 0.291. The average molecular weight is 225 g/mol. The van der Waals surface area contributed by atoms with Crippen LogP contribution in [0.2, 0.25) is 0 Å². The minimum Gasteiger partial charge on any atom is -0.310 e. The van der Waals surface area contributed by atoms with Crippen LogP contribution in [0.15, 0.2) is 18.2 Å². The molecule has 1 saturated carbocycles. The molecule has 0 saturated heterocycles. The molecule has 0 aromatic heterocycles. The highest BCUT2D eigenvalue weighted by Crippen LogP contribution is 2.26. The second-order valence-corrected chi connectivity index (χ2v) is 4.59. The van der Waals surface area contributed by atoms with Crippen molar-refractivity contribution in [1.29, 1.82) is 0 Å². The third-order valence-electron chi connectivity index (χ3n) is 3.36. The first-order valence-corrected chi connectivity index (χ1v) is 5.85. The third-order valence-corrected chi connectivity index (χ3v) is 3.36. The Labute approximate surface area is 94.9 Å². The Hall–Kier alpha value is -0.960. The number of rotatable bonds is 4. The van der Waals surface area contributed by atoms with E-state index >= 15 is 0 Å². The molecule has 1 atom stereocenters. The summed E-state index contributed by atoms with van der Waals surface area (Å²) in [5.74, 6) is 0.00257. The second kappa shape index (κ2) is 4.91. The molecule has 1 aliphatic rings. The van der Waals surface area contributed by atoms with Gasteiger partial charge in [-0.15, -0.1) is 0 Å². The molecule has 0 spiro atoms. The van der Waals surface area contributed by atoms with E-state index in [1.807, 2.05) is 6.92 Å². The fourth-order valence-electron chi connectivity index (χ4n) is 2.00. The predicted molar refractivity (Wildman–Crippen MR) is 60.1 cm³/mol. The topological polar surface area (TPSA) is 12.0 Å². The average Bonchev–Trinajstić information content (AvgIpc) is 2.19. The normalized spacial score (nSPS) is 18.2. The maximum atomic E-state index is 13.4. The summed E-state index contributed by atoms with van der Waals surface area (Å²) in [6.45, 7) is 2.77. The summed E-state index contributed by atoms with van der Waals surface area (Å²) in [7, 11) is 0. The molecule has 88 valence electrons. The van der Waals surface area contributed by atoms with Gasteiger partial charge in [0.2, 0.25) is 0 Å². The van der Waals surface area contributed by atoms with E-state index in [9.17, 15) is 8.78 Å². The van der Waals surface area contributed by atoms with E-state index in [2.05, 4.69) is 5.32 Å². The monoisotopic (exact) mass is 225 g/mol. The van der Waals surface area contributed by atoms with Crippen LogP contribution < -0.4 is 5.32 Å². The molecule has 1 aromatic rings. The molecule has 1 aromatic carbocycles. The van der Waals surface area contributed by atoms with Gasteiger partial charge in [-0.2, -0.15) is 0 Å². The first-order valence-electron chi connectivity index (χ1n) is 5.85. The molecule has 1 fully saturated rings. The van der Waals surface area contributed by atoms with E-state index in [1.165, 1.54) is 31.4 Å². The summed E-state index contributed by atoms with van der Waals surface area (Å²) in [6, 6.07) is 3.48. The van der Waals surface area contributed by atoms with Crippen molar-refractivity contribution in [3.05, 3.63) is 35.4 Å².